The van der Waals surface area contributed by atoms with Gasteiger partial charge in [0.25, 0.3) is 0 Å². The standard InChI is InChI=1S/C11H12BrF3O2/c12-8-3-5-17-9(8)10(16)4-1-2-7(6-10)11(13,14)15/h3,5,7,16H,1-2,4,6H2. The molecule has 17 heavy (non-hydrogen) atoms. The topological polar surface area (TPSA) is 33.4 Å². The van der Waals surface area contributed by atoms with Gasteiger partial charge in [0.05, 0.1) is 16.7 Å². The maximum Gasteiger partial charge on any atom is 0.391 e. The SMILES string of the molecule is OC1(c2occc2Br)CCCC(C(F)(F)F)C1. The molecule has 0 spiro atoms. The molecule has 1 saturated carbocycles. The molecule has 6 heteroatoms. The lowest BCUT2D eigenvalue weighted by atomic mass is 9.76. The summed E-state index contributed by atoms with van der Waals surface area (Å²) in [6.07, 6.45) is -2.52. The number of alkyl halides is 3. The Morgan fingerprint density at radius 3 is 2.71 bits per heavy atom. The van der Waals surface area contributed by atoms with E-state index in [0.717, 1.165) is 0 Å². The molecule has 0 amide bonds. The van der Waals surface area contributed by atoms with Gasteiger partial charge in [-0.05, 0) is 47.7 Å². The molecule has 2 rings (SSSR count). The zero-order valence-corrected chi connectivity index (χ0v) is 10.5. The van der Waals surface area contributed by atoms with Crippen molar-refractivity contribution in [2.75, 3.05) is 0 Å². The minimum atomic E-state index is -4.26. The molecular weight excluding hydrogens is 301 g/mol. The van der Waals surface area contributed by atoms with E-state index in [4.69, 9.17) is 4.42 Å². The van der Waals surface area contributed by atoms with Crippen molar-refractivity contribution in [1.82, 2.24) is 0 Å². The molecule has 0 bridgehead atoms. The second-order valence-corrected chi connectivity index (χ2v) is 5.32. The normalized spacial score (nSPS) is 30.5. The summed E-state index contributed by atoms with van der Waals surface area (Å²) in [6, 6.07) is 1.57. The highest BCUT2D eigenvalue weighted by molar-refractivity contribution is 9.10. The minimum Gasteiger partial charge on any atom is -0.465 e. The first-order valence-electron chi connectivity index (χ1n) is 5.35. The maximum absolute atomic E-state index is 12.7. The molecule has 2 nitrogen and oxygen atoms in total. The second kappa shape index (κ2) is 4.31. The van der Waals surface area contributed by atoms with Crippen molar-refractivity contribution in [2.45, 2.75) is 37.5 Å². The highest BCUT2D eigenvalue weighted by Gasteiger charge is 2.49. The van der Waals surface area contributed by atoms with Crippen molar-refractivity contribution in [2.24, 2.45) is 5.92 Å². The summed E-state index contributed by atoms with van der Waals surface area (Å²) in [4.78, 5) is 0. The first kappa shape index (κ1) is 13.0. The molecule has 2 atom stereocenters. The average Bonchev–Trinajstić information content (AvgIpc) is 2.64. The fourth-order valence-electron chi connectivity index (χ4n) is 2.36. The van der Waals surface area contributed by atoms with Crippen LogP contribution in [0.25, 0.3) is 0 Å². The average molecular weight is 313 g/mol. The summed E-state index contributed by atoms with van der Waals surface area (Å²) < 4.78 is 43.6. The molecule has 1 heterocycles. The summed E-state index contributed by atoms with van der Waals surface area (Å²) >= 11 is 3.17. The zero-order valence-electron chi connectivity index (χ0n) is 8.93. The van der Waals surface area contributed by atoms with E-state index < -0.39 is 17.7 Å². The predicted molar refractivity (Wildman–Crippen MR) is 58.3 cm³/mol. The highest BCUT2D eigenvalue weighted by Crippen LogP contribution is 2.47. The number of hydrogen-bond acceptors (Lipinski definition) is 2. The van der Waals surface area contributed by atoms with E-state index in [1.54, 1.807) is 6.07 Å². The van der Waals surface area contributed by atoms with E-state index in [-0.39, 0.29) is 18.6 Å². The van der Waals surface area contributed by atoms with Gasteiger partial charge >= 0.3 is 6.18 Å². The van der Waals surface area contributed by atoms with Gasteiger partial charge in [-0.15, -0.1) is 0 Å². The molecule has 0 aromatic carbocycles. The second-order valence-electron chi connectivity index (χ2n) is 4.46. The van der Waals surface area contributed by atoms with Crippen LogP contribution in [0, 0.1) is 5.92 Å². The third-order valence-electron chi connectivity index (χ3n) is 3.23. The van der Waals surface area contributed by atoms with Crippen molar-refractivity contribution in [3.8, 4) is 0 Å². The van der Waals surface area contributed by atoms with Crippen molar-refractivity contribution in [3.63, 3.8) is 0 Å². The van der Waals surface area contributed by atoms with Crippen LogP contribution >= 0.6 is 15.9 Å². The molecule has 1 fully saturated rings. The van der Waals surface area contributed by atoms with Crippen molar-refractivity contribution in [1.29, 1.82) is 0 Å². The Hall–Kier alpha value is -0.490. The fraction of sp³-hybridized carbons (Fsp3) is 0.636. The zero-order chi connectivity index (χ0) is 12.7. The number of rotatable bonds is 1. The Kier molecular flexibility index (Phi) is 3.29. The number of furan rings is 1. The van der Waals surface area contributed by atoms with Gasteiger partial charge in [-0.1, -0.05) is 0 Å². The summed E-state index contributed by atoms with van der Waals surface area (Å²) in [5.74, 6) is -1.26. The van der Waals surface area contributed by atoms with E-state index >= 15 is 0 Å². The van der Waals surface area contributed by atoms with Crippen LogP contribution in [0.2, 0.25) is 0 Å². The van der Waals surface area contributed by atoms with Crippen molar-refractivity contribution in [3.05, 3.63) is 22.6 Å². The molecule has 0 aliphatic heterocycles. The third kappa shape index (κ3) is 2.52. The number of halogens is 4. The van der Waals surface area contributed by atoms with Crippen molar-refractivity contribution < 1.29 is 22.7 Å². The third-order valence-corrected chi connectivity index (χ3v) is 3.85. The van der Waals surface area contributed by atoms with E-state index in [0.29, 0.717) is 17.3 Å². The first-order valence-corrected chi connectivity index (χ1v) is 6.15. The molecule has 0 radical (unpaired) electrons. The van der Waals surface area contributed by atoms with Gasteiger partial charge in [0.15, 0.2) is 0 Å². The van der Waals surface area contributed by atoms with Gasteiger partial charge in [0, 0.05) is 0 Å². The minimum absolute atomic E-state index is 0.0735. The molecule has 1 N–H and O–H groups in total. The molecule has 1 aromatic heterocycles. The summed E-state index contributed by atoms with van der Waals surface area (Å²) in [5.41, 5.74) is -1.51. The van der Waals surface area contributed by atoms with Crippen LogP contribution < -0.4 is 0 Å². The Morgan fingerprint density at radius 2 is 2.18 bits per heavy atom. The molecule has 1 aromatic rings. The van der Waals surface area contributed by atoms with Crippen LogP contribution in [0.1, 0.15) is 31.4 Å². The van der Waals surface area contributed by atoms with Gasteiger partial charge in [-0.3, -0.25) is 0 Å². The molecule has 1 aliphatic carbocycles. The number of aliphatic hydroxyl groups is 1. The summed E-state index contributed by atoms with van der Waals surface area (Å²) in [5, 5.41) is 10.3. The first-order chi connectivity index (χ1) is 7.83. The van der Waals surface area contributed by atoms with Crippen LogP contribution in [0.4, 0.5) is 13.2 Å². The fourth-order valence-corrected chi connectivity index (χ4v) is 2.93. The molecule has 0 saturated heterocycles. The van der Waals surface area contributed by atoms with Crippen LogP contribution in [0.15, 0.2) is 21.2 Å². The maximum atomic E-state index is 12.7. The van der Waals surface area contributed by atoms with E-state index in [9.17, 15) is 18.3 Å². The quantitative estimate of drug-likeness (QED) is 0.851. The molecular formula is C11H12BrF3O2. The van der Waals surface area contributed by atoms with Crippen LogP contribution in [-0.4, -0.2) is 11.3 Å². The van der Waals surface area contributed by atoms with Crippen LogP contribution in [0.3, 0.4) is 0 Å². The lowest BCUT2D eigenvalue weighted by Crippen LogP contribution is -2.38. The van der Waals surface area contributed by atoms with Gasteiger partial charge in [0.1, 0.15) is 11.4 Å². The predicted octanol–water partition coefficient (Wildman–Crippen LogP) is 3.98. The van der Waals surface area contributed by atoms with E-state index in [1.807, 2.05) is 0 Å². The van der Waals surface area contributed by atoms with Crippen LogP contribution in [0.5, 0.6) is 0 Å². The Morgan fingerprint density at radius 1 is 1.47 bits per heavy atom. The lowest BCUT2D eigenvalue weighted by molar-refractivity contribution is -0.203. The molecule has 2 unspecified atom stereocenters. The Balaban J connectivity index is 2.24. The molecule has 96 valence electrons. The van der Waals surface area contributed by atoms with Gasteiger partial charge in [-0.2, -0.15) is 13.2 Å². The highest BCUT2D eigenvalue weighted by atomic mass is 79.9. The van der Waals surface area contributed by atoms with Crippen molar-refractivity contribution >= 4 is 15.9 Å². The number of hydrogen-bond donors (Lipinski definition) is 1. The largest absolute Gasteiger partial charge is 0.465 e. The van der Waals surface area contributed by atoms with Gasteiger partial charge in [-0.25, -0.2) is 0 Å². The monoisotopic (exact) mass is 312 g/mol. The Bertz CT molecular complexity index is 402. The summed E-state index contributed by atoms with van der Waals surface area (Å²) in [6.45, 7) is 0. The smallest absolute Gasteiger partial charge is 0.391 e. The lowest BCUT2D eigenvalue weighted by Gasteiger charge is -2.36. The molecule has 1 aliphatic rings. The van der Waals surface area contributed by atoms with E-state index in [1.165, 1.54) is 6.26 Å². The Labute approximate surface area is 105 Å². The summed E-state index contributed by atoms with van der Waals surface area (Å²) in [7, 11) is 0. The van der Waals surface area contributed by atoms with E-state index in [2.05, 4.69) is 15.9 Å². The van der Waals surface area contributed by atoms with Crippen LogP contribution in [-0.2, 0) is 5.60 Å². The van der Waals surface area contributed by atoms with Gasteiger partial charge in [0.2, 0.25) is 0 Å². The van der Waals surface area contributed by atoms with Gasteiger partial charge < -0.3 is 9.52 Å².